The van der Waals surface area contributed by atoms with Crippen LogP contribution in [-0.4, -0.2) is 11.1 Å². The lowest BCUT2D eigenvalue weighted by molar-refractivity contribution is 0.0696. The summed E-state index contributed by atoms with van der Waals surface area (Å²) in [4.78, 5) is 11.1. The minimum absolute atomic E-state index is 0.344. The fraction of sp³-hybridized carbons (Fsp3) is 0.133. The minimum atomic E-state index is -0.898. The molecule has 2 rings (SSSR count). The molecular weight excluding hydrogens is 248 g/mol. The maximum absolute atomic E-state index is 11.1. The van der Waals surface area contributed by atoms with Crippen LogP contribution in [0.1, 0.15) is 27.0 Å². The highest BCUT2D eigenvalue weighted by Gasteiger charge is 2.11. The molecule has 0 aromatic heterocycles. The van der Waals surface area contributed by atoms with Crippen LogP contribution in [0.3, 0.4) is 0 Å². The summed E-state index contributed by atoms with van der Waals surface area (Å²) in [5.74, 6) is -0.898. The molecule has 18 heavy (non-hydrogen) atoms. The molecule has 0 spiro atoms. The number of halogens is 1. The van der Waals surface area contributed by atoms with Crippen LogP contribution in [0.5, 0.6) is 0 Å². The molecule has 92 valence electrons. The van der Waals surface area contributed by atoms with Gasteiger partial charge in [-0.05, 0) is 42.2 Å². The molecule has 0 unspecified atom stereocenters. The van der Waals surface area contributed by atoms with E-state index < -0.39 is 5.97 Å². The van der Waals surface area contributed by atoms with Crippen molar-refractivity contribution in [2.45, 2.75) is 13.3 Å². The monoisotopic (exact) mass is 260 g/mol. The second-order valence-corrected chi connectivity index (χ2v) is 4.57. The van der Waals surface area contributed by atoms with Crippen molar-refractivity contribution in [3.05, 3.63) is 69.7 Å². The van der Waals surface area contributed by atoms with Gasteiger partial charge in [-0.1, -0.05) is 41.9 Å². The van der Waals surface area contributed by atoms with Crippen molar-refractivity contribution in [2.75, 3.05) is 0 Å². The predicted octanol–water partition coefficient (Wildman–Crippen LogP) is 3.94. The second-order valence-electron chi connectivity index (χ2n) is 4.16. The first-order valence-corrected chi connectivity index (χ1v) is 6.02. The van der Waals surface area contributed by atoms with Crippen LogP contribution in [0.25, 0.3) is 0 Å². The van der Waals surface area contributed by atoms with E-state index in [1.54, 1.807) is 12.1 Å². The van der Waals surface area contributed by atoms with Gasteiger partial charge in [0.1, 0.15) is 0 Å². The zero-order valence-corrected chi connectivity index (χ0v) is 10.7. The Morgan fingerprint density at radius 3 is 2.50 bits per heavy atom. The van der Waals surface area contributed by atoms with Crippen LogP contribution >= 0.6 is 11.6 Å². The van der Waals surface area contributed by atoms with E-state index in [4.69, 9.17) is 16.7 Å². The zero-order valence-electron chi connectivity index (χ0n) is 9.98. The lowest BCUT2D eigenvalue weighted by Crippen LogP contribution is -2.03. The molecule has 0 bridgehead atoms. The number of benzene rings is 2. The summed E-state index contributed by atoms with van der Waals surface area (Å²) in [6.45, 7) is 1.95. The van der Waals surface area contributed by atoms with E-state index >= 15 is 0 Å². The van der Waals surface area contributed by atoms with Crippen LogP contribution in [0.2, 0.25) is 5.02 Å². The number of carbonyl (C=O) groups is 1. The molecule has 0 heterocycles. The lowest BCUT2D eigenvalue weighted by Gasteiger charge is -2.09. The standard InChI is InChI=1S/C15H13ClO2/c1-10-11(6-4-8-14(10)16)9-12-5-2-3-7-13(12)15(17)18/h2-8H,9H2,1H3,(H,17,18). The highest BCUT2D eigenvalue weighted by Crippen LogP contribution is 2.22. The molecule has 0 atom stereocenters. The van der Waals surface area contributed by atoms with Crippen LogP contribution in [0.4, 0.5) is 0 Å². The van der Waals surface area contributed by atoms with Crippen molar-refractivity contribution in [1.29, 1.82) is 0 Å². The Morgan fingerprint density at radius 2 is 1.78 bits per heavy atom. The van der Waals surface area contributed by atoms with Gasteiger partial charge in [0.25, 0.3) is 0 Å². The van der Waals surface area contributed by atoms with Crippen LogP contribution in [0, 0.1) is 6.92 Å². The largest absolute Gasteiger partial charge is 0.478 e. The Kier molecular flexibility index (Phi) is 3.68. The quantitative estimate of drug-likeness (QED) is 0.908. The molecule has 1 N–H and O–H groups in total. The lowest BCUT2D eigenvalue weighted by atomic mass is 9.97. The van der Waals surface area contributed by atoms with Gasteiger partial charge in [-0.2, -0.15) is 0 Å². The summed E-state index contributed by atoms with van der Waals surface area (Å²) in [6.07, 6.45) is 0.578. The fourth-order valence-corrected chi connectivity index (χ4v) is 2.13. The fourth-order valence-electron chi connectivity index (χ4n) is 1.93. The van der Waals surface area contributed by atoms with E-state index in [1.165, 1.54) is 0 Å². The van der Waals surface area contributed by atoms with Crippen LogP contribution < -0.4 is 0 Å². The molecule has 0 radical (unpaired) electrons. The Bertz CT molecular complexity index is 591. The van der Waals surface area contributed by atoms with E-state index in [2.05, 4.69) is 0 Å². The van der Waals surface area contributed by atoms with Gasteiger partial charge >= 0.3 is 5.97 Å². The normalized spacial score (nSPS) is 10.3. The Labute approximate surface area is 111 Å². The number of hydrogen-bond donors (Lipinski definition) is 1. The van der Waals surface area contributed by atoms with Gasteiger partial charge in [0.2, 0.25) is 0 Å². The Balaban J connectivity index is 2.40. The average molecular weight is 261 g/mol. The Hall–Kier alpha value is -1.80. The van der Waals surface area contributed by atoms with E-state index in [0.29, 0.717) is 17.0 Å². The summed E-state index contributed by atoms with van der Waals surface area (Å²) in [5, 5.41) is 9.85. The molecule has 0 fully saturated rings. The summed E-state index contributed by atoms with van der Waals surface area (Å²) in [5.41, 5.74) is 3.20. The molecule has 2 aromatic carbocycles. The SMILES string of the molecule is Cc1c(Cl)cccc1Cc1ccccc1C(=O)O. The molecule has 0 aliphatic heterocycles. The van der Waals surface area contributed by atoms with Crippen molar-refractivity contribution in [3.8, 4) is 0 Å². The van der Waals surface area contributed by atoms with Gasteiger partial charge in [-0.15, -0.1) is 0 Å². The molecule has 0 aliphatic rings. The molecule has 3 heteroatoms. The number of hydrogen-bond acceptors (Lipinski definition) is 1. The first-order chi connectivity index (χ1) is 8.59. The third-order valence-corrected chi connectivity index (χ3v) is 3.42. The molecular formula is C15H13ClO2. The average Bonchev–Trinajstić information content (AvgIpc) is 2.35. The van der Waals surface area contributed by atoms with Crippen molar-refractivity contribution in [3.63, 3.8) is 0 Å². The third kappa shape index (κ3) is 2.54. The van der Waals surface area contributed by atoms with Gasteiger partial charge in [0, 0.05) is 5.02 Å². The molecule has 2 nitrogen and oxygen atoms in total. The molecule has 0 amide bonds. The van der Waals surface area contributed by atoms with Crippen molar-refractivity contribution in [2.24, 2.45) is 0 Å². The molecule has 0 aliphatic carbocycles. The van der Waals surface area contributed by atoms with Gasteiger partial charge in [0.15, 0.2) is 0 Å². The minimum Gasteiger partial charge on any atom is -0.478 e. The third-order valence-electron chi connectivity index (χ3n) is 3.01. The van der Waals surface area contributed by atoms with E-state index in [1.807, 2.05) is 37.3 Å². The number of carboxylic acids is 1. The van der Waals surface area contributed by atoms with Gasteiger partial charge in [-0.3, -0.25) is 0 Å². The maximum atomic E-state index is 11.1. The van der Waals surface area contributed by atoms with Crippen molar-refractivity contribution >= 4 is 17.6 Å². The zero-order chi connectivity index (χ0) is 13.1. The molecule has 0 saturated heterocycles. The van der Waals surface area contributed by atoms with Crippen LogP contribution in [0.15, 0.2) is 42.5 Å². The number of rotatable bonds is 3. The van der Waals surface area contributed by atoms with E-state index in [-0.39, 0.29) is 0 Å². The summed E-state index contributed by atoms with van der Waals surface area (Å²) >= 11 is 6.07. The van der Waals surface area contributed by atoms with E-state index in [0.717, 1.165) is 16.7 Å². The highest BCUT2D eigenvalue weighted by molar-refractivity contribution is 6.31. The summed E-state index contributed by atoms with van der Waals surface area (Å²) in [6, 6.07) is 12.7. The molecule has 2 aromatic rings. The number of aromatic carboxylic acids is 1. The number of carboxylic acid groups (broad SMARTS) is 1. The summed E-state index contributed by atoms with van der Waals surface area (Å²) in [7, 11) is 0. The maximum Gasteiger partial charge on any atom is 0.335 e. The van der Waals surface area contributed by atoms with Gasteiger partial charge in [0.05, 0.1) is 5.56 Å². The van der Waals surface area contributed by atoms with Crippen molar-refractivity contribution in [1.82, 2.24) is 0 Å². The van der Waals surface area contributed by atoms with E-state index in [9.17, 15) is 4.79 Å². The van der Waals surface area contributed by atoms with Crippen molar-refractivity contribution < 1.29 is 9.90 Å². The predicted molar refractivity (Wildman–Crippen MR) is 72.4 cm³/mol. The smallest absolute Gasteiger partial charge is 0.335 e. The topological polar surface area (TPSA) is 37.3 Å². The highest BCUT2D eigenvalue weighted by atomic mass is 35.5. The van der Waals surface area contributed by atoms with Gasteiger partial charge in [-0.25, -0.2) is 4.79 Å². The second kappa shape index (κ2) is 5.23. The first-order valence-electron chi connectivity index (χ1n) is 5.65. The first kappa shape index (κ1) is 12.7. The molecule has 0 saturated carbocycles. The Morgan fingerprint density at radius 1 is 1.11 bits per heavy atom. The summed E-state index contributed by atoms with van der Waals surface area (Å²) < 4.78 is 0. The van der Waals surface area contributed by atoms with Crippen LogP contribution in [-0.2, 0) is 6.42 Å². The van der Waals surface area contributed by atoms with Gasteiger partial charge < -0.3 is 5.11 Å².